The van der Waals surface area contributed by atoms with Gasteiger partial charge in [0, 0.05) is 42.5 Å². The first-order valence-corrected chi connectivity index (χ1v) is 12.9. The van der Waals surface area contributed by atoms with E-state index in [0.717, 1.165) is 54.7 Å². The summed E-state index contributed by atoms with van der Waals surface area (Å²) in [5.74, 6) is 2.65. The standard InChI is InChI=1S/C26H31FN4OS/c1-4-17(3)23-28-24(22-20-10-5-16(2)15-21(20)33-25(22)29-23)30-11-13-31(14-12-30)26(32)18-6-8-19(27)9-7-18/h6-9,16-17H,4-5,10-15H2,1-3H3/t16-,17+/m0/s1. The van der Waals surface area contributed by atoms with Crippen molar-refractivity contribution in [3.8, 4) is 0 Å². The van der Waals surface area contributed by atoms with Gasteiger partial charge in [-0.2, -0.15) is 0 Å². The Kier molecular flexibility index (Phi) is 6.08. The van der Waals surface area contributed by atoms with Crippen molar-refractivity contribution in [1.29, 1.82) is 0 Å². The molecule has 5 nitrogen and oxygen atoms in total. The zero-order valence-corrected chi connectivity index (χ0v) is 20.4. The van der Waals surface area contributed by atoms with Crippen LogP contribution in [-0.2, 0) is 12.8 Å². The number of benzene rings is 1. The van der Waals surface area contributed by atoms with E-state index >= 15 is 0 Å². The zero-order valence-electron chi connectivity index (χ0n) is 19.6. The fourth-order valence-corrected chi connectivity index (χ4v) is 6.25. The number of nitrogens with zero attached hydrogens (tertiary/aromatic N) is 4. The molecule has 2 aliphatic rings. The fraction of sp³-hybridized carbons (Fsp3) is 0.500. The number of aromatic nitrogens is 2. The molecule has 174 valence electrons. The summed E-state index contributed by atoms with van der Waals surface area (Å²) in [4.78, 5) is 29.8. The van der Waals surface area contributed by atoms with Crippen LogP contribution >= 0.6 is 11.3 Å². The van der Waals surface area contributed by atoms with Crippen molar-refractivity contribution in [1.82, 2.24) is 14.9 Å². The number of anilines is 1. The van der Waals surface area contributed by atoms with Crippen molar-refractivity contribution in [3.63, 3.8) is 0 Å². The Hall–Kier alpha value is -2.54. The Bertz CT molecular complexity index is 1170. The van der Waals surface area contributed by atoms with E-state index < -0.39 is 0 Å². The molecule has 5 rings (SSSR count). The second-order valence-electron chi connectivity index (χ2n) is 9.53. The minimum atomic E-state index is -0.324. The average Bonchev–Trinajstić information content (AvgIpc) is 3.20. The highest BCUT2D eigenvalue weighted by Gasteiger charge is 2.29. The molecule has 1 aliphatic heterocycles. The van der Waals surface area contributed by atoms with E-state index in [-0.39, 0.29) is 11.7 Å². The maximum Gasteiger partial charge on any atom is 0.253 e. The molecule has 0 unspecified atom stereocenters. The van der Waals surface area contributed by atoms with Gasteiger partial charge < -0.3 is 9.80 Å². The first-order chi connectivity index (χ1) is 15.9. The van der Waals surface area contributed by atoms with Crippen LogP contribution in [0.3, 0.4) is 0 Å². The first kappa shape index (κ1) is 22.3. The van der Waals surface area contributed by atoms with E-state index in [1.54, 1.807) is 12.1 Å². The summed E-state index contributed by atoms with van der Waals surface area (Å²) < 4.78 is 13.2. The number of carbonyl (C=O) groups is 1. The Labute approximate surface area is 198 Å². The summed E-state index contributed by atoms with van der Waals surface area (Å²) in [6.45, 7) is 9.44. The predicted octanol–water partition coefficient (Wildman–Crippen LogP) is 5.43. The molecule has 33 heavy (non-hydrogen) atoms. The van der Waals surface area contributed by atoms with Crippen molar-refractivity contribution in [3.05, 3.63) is 51.9 Å². The largest absolute Gasteiger partial charge is 0.352 e. The summed E-state index contributed by atoms with van der Waals surface area (Å²) in [5.41, 5.74) is 1.98. The lowest BCUT2D eigenvalue weighted by molar-refractivity contribution is 0.0746. The number of carbonyl (C=O) groups excluding carboxylic acids is 1. The molecule has 0 bridgehead atoms. The number of rotatable bonds is 4. The summed E-state index contributed by atoms with van der Waals surface area (Å²) in [7, 11) is 0. The van der Waals surface area contributed by atoms with E-state index in [0.29, 0.717) is 24.6 Å². The van der Waals surface area contributed by atoms with Crippen LogP contribution in [0.25, 0.3) is 10.2 Å². The maximum absolute atomic E-state index is 13.2. The Balaban J connectivity index is 1.44. The number of fused-ring (bicyclic) bond motifs is 3. The number of piperazine rings is 1. The van der Waals surface area contributed by atoms with Gasteiger partial charge in [-0.05, 0) is 61.4 Å². The number of halogens is 1. The second-order valence-corrected chi connectivity index (χ2v) is 10.6. The highest BCUT2D eigenvalue weighted by Crippen LogP contribution is 2.42. The maximum atomic E-state index is 13.2. The minimum Gasteiger partial charge on any atom is -0.352 e. The number of hydrogen-bond acceptors (Lipinski definition) is 5. The molecule has 3 aromatic rings. The molecule has 0 spiro atoms. The van der Waals surface area contributed by atoms with Gasteiger partial charge in [-0.25, -0.2) is 14.4 Å². The molecule has 0 radical (unpaired) electrons. The summed E-state index contributed by atoms with van der Waals surface area (Å²) in [6.07, 6.45) is 4.45. The van der Waals surface area contributed by atoms with Gasteiger partial charge in [0.1, 0.15) is 22.3 Å². The number of aryl methyl sites for hydroxylation is 1. The quantitative estimate of drug-likeness (QED) is 0.514. The topological polar surface area (TPSA) is 49.3 Å². The van der Waals surface area contributed by atoms with E-state index in [4.69, 9.17) is 9.97 Å². The molecule has 2 atom stereocenters. The van der Waals surface area contributed by atoms with Crippen molar-refractivity contribution in [2.75, 3.05) is 31.1 Å². The smallest absolute Gasteiger partial charge is 0.253 e. The van der Waals surface area contributed by atoms with Gasteiger partial charge >= 0.3 is 0 Å². The summed E-state index contributed by atoms with van der Waals surface area (Å²) in [5, 5.41) is 1.24. The third-order valence-electron chi connectivity index (χ3n) is 7.16. The molecule has 1 saturated heterocycles. The number of amides is 1. The molecular weight excluding hydrogens is 435 g/mol. The molecule has 1 amide bonds. The van der Waals surface area contributed by atoms with Crippen molar-refractivity contribution in [2.45, 2.75) is 52.4 Å². The van der Waals surface area contributed by atoms with Crippen LogP contribution in [0.5, 0.6) is 0 Å². The Morgan fingerprint density at radius 2 is 1.91 bits per heavy atom. The zero-order chi connectivity index (χ0) is 23.1. The van der Waals surface area contributed by atoms with E-state index in [1.807, 2.05) is 16.2 Å². The lowest BCUT2D eigenvalue weighted by Crippen LogP contribution is -2.49. The second kappa shape index (κ2) is 9.01. The van der Waals surface area contributed by atoms with Crippen LogP contribution < -0.4 is 4.90 Å². The normalized spacial score (nSPS) is 19.6. The van der Waals surface area contributed by atoms with Crippen molar-refractivity contribution >= 4 is 33.3 Å². The molecule has 0 saturated carbocycles. The summed E-state index contributed by atoms with van der Waals surface area (Å²) >= 11 is 1.85. The molecule has 1 aromatic carbocycles. The van der Waals surface area contributed by atoms with E-state index in [2.05, 4.69) is 25.7 Å². The lowest BCUT2D eigenvalue weighted by atomic mass is 9.89. The highest BCUT2D eigenvalue weighted by atomic mass is 32.1. The number of hydrogen-bond donors (Lipinski definition) is 0. The SMILES string of the molecule is CC[C@@H](C)c1nc(N2CCN(C(=O)c3ccc(F)cc3)CC2)c2c3c(sc2n1)C[C@@H](C)CC3. The van der Waals surface area contributed by atoms with Gasteiger partial charge in [-0.15, -0.1) is 11.3 Å². The fourth-order valence-electron chi connectivity index (χ4n) is 4.87. The molecular formula is C26H31FN4OS. The molecule has 7 heteroatoms. The molecule has 1 aliphatic carbocycles. The number of thiophene rings is 1. The van der Waals surface area contributed by atoms with Crippen LogP contribution in [0.15, 0.2) is 24.3 Å². The van der Waals surface area contributed by atoms with Crippen molar-refractivity contribution < 1.29 is 9.18 Å². The molecule has 0 N–H and O–H groups in total. The highest BCUT2D eigenvalue weighted by molar-refractivity contribution is 7.19. The Morgan fingerprint density at radius 3 is 2.61 bits per heavy atom. The summed E-state index contributed by atoms with van der Waals surface area (Å²) in [6, 6.07) is 5.82. The van der Waals surface area contributed by atoms with Crippen LogP contribution in [0.1, 0.15) is 66.2 Å². The van der Waals surface area contributed by atoms with Crippen LogP contribution in [-0.4, -0.2) is 47.0 Å². The van der Waals surface area contributed by atoms with Gasteiger partial charge in [0.25, 0.3) is 5.91 Å². The third-order valence-corrected chi connectivity index (χ3v) is 8.31. The first-order valence-electron chi connectivity index (χ1n) is 12.1. The van der Waals surface area contributed by atoms with Crippen LogP contribution in [0, 0.1) is 11.7 Å². The molecule has 2 aromatic heterocycles. The van der Waals surface area contributed by atoms with Crippen molar-refractivity contribution in [2.24, 2.45) is 5.92 Å². The molecule has 3 heterocycles. The van der Waals surface area contributed by atoms with Gasteiger partial charge in [0.05, 0.1) is 5.39 Å². The van der Waals surface area contributed by atoms with Crippen LogP contribution in [0.4, 0.5) is 10.2 Å². The Morgan fingerprint density at radius 1 is 1.18 bits per heavy atom. The van der Waals surface area contributed by atoms with Gasteiger partial charge in [-0.3, -0.25) is 4.79 Å². The van der Waals surface area contributed by atoms with Gasteiger partial charge in [0.2, 0.25) is 0 Å². The van der Waals surface area contributed by atoms with Crippen LogP contribution in [0.2, 0.25) is 0 Å². The molecule has 1 fully saturated rings. The predicted molar refractivity (Wildman–Crippen MR) is 132 cm³/mol. The van der Waals surface area contributed by atoms with Gasteiger partial charge in [0.15, 0.2) is 0 Å². The van der Waals surface area contributed by atoms with E-state index in [9.17, 15) is 9.18 Å². The minimum absolute atomic E-state index is 0.0373. The lowest BCUT2D eigenvalue weighted by Gasteiger charge is -2.36. The van der Waals surface area contributed by atoms with Gasteiger partial charge in [-0.1, -0.05) is 20.8 Å². The monoisotopic (exact) mass is 466 g/mol. The third kappa shape index (κ3) is 4.23. The average molecular weight is 467 g/mol. The van der Waals surface area contributed by atoms with E-state index in [1.165, 1.54) is 34.4 Å².